The van der Waals surface area contributed by atoms with Crippen LogP contribution in [0.1, 0.15) is 6.92 Å². The predicted molar refractivity (Wildman–Crippen MR) is 85.9 cm³/mol. The number of fused-ring (bicyclic) bond motifs is 1. The van der Waals surface area contributed by atoms with Gasteiger partial charge in [-0.1, -0.05) is 30.3 Å². The van der Waals surface area contributed by atoms with E-state index in [-0.39, 0.29) is 23.1 Å². The number of aromatic nitrogens is 2. The van der Waals surface area contributed by atoms with Crippen molar-refractivity contribution in [1.29, 1.82) is 0 Å². The van der Waals surface area contributed by atoms with Gasteiger partial charge >= 0.3 is 6.61 Å². The fourth-order valence-corrected chi connectivity index (χ4v) is 2.37. The summed E-state index contributed by atoms with van der Waals surface area (Å²) in [4.78, 5) is 19.4. The van der Waals surface area contributed by atoms with Crippen molar-refractivity contribution in [2.45, 2.75) is 13.5 Å². The largest absolute Gasteiger partial charge is 0.432 e. The molecule has 1 heterocycles. The van der Waals surface area contributed by atoms with E-state index >= 15 is 0 Å². The molecule has 0 saturated heterocycles. The molecule has 3 rings (SSSR count). The number of hydrogen-bond acceptors (Lipinski definition) is 4. The standard InChI is InChI=1S/C17H13F2N3O2/c1-10(23)21-17-20-9-13-12(11-5-3-2-4-6-11)7-8-14(15(13)22-17)24-16(18)19/h2-9,16H,1H3,(H,20,21,22,23). The maximum atomic E-state index is 12.6. The van der Waals surface area contributed by atoms with Gasteiger partial charge in [0.15, 0.2) is 5.75 Å². The van der Waals surface area contributed by atoms with Crippen molar-refractivity contribution in [3.63, 3.8) is 0 Å². The van der Waals surface area contributed by atoms with Crippen molar-refractivity contribution < 1.29 is 18.3 Å². The van der Waals surface area contributed by atoms with E-state index in [2.05, 4.69) is 20.0 Å². The first-order valence-corrected chi connectivity index (χ1v) is 7.12. The summed E-state index contributed by atoms with van der Waals surface area (Å²) in [5.74, 6) is -0.405. The summed E-state index contributed by atoms with van der Waals surface area (Å²) in [6.07, 6.45) is 1.48. The highest BCUT2D eigenvalue weighted by Crippen LogP contribution is 2.34. The molecule has 0 radical (unpaired) electrons. The number of carbonyl (C=O) groups is 1. The lowest BCUT2D eigenvalue weighted by Crippen LogP contribution is -2.10. The molecule has 0 atom stereocenters. The highest BCUT2D eigenvalue weighted by atomic mass is 19.3. The number of ether oxygens (including phenoxy) is 1. The third-order valence-corrected chi connectivity index (χ3v) is 3.30. The second-order valence-corrected chi connectivity index (χ2v) is 4.99. The summed E-state index contributed by atoms with van der Waals surface area (Å²) in [5, 5.41) is 2.98. The number of hydrogen-bond donors (Lipinski definition) is 1. The Morgan fingerprint density at radius 2 is 1.92 bits per heavy atom. The van der Waals surface area contributed by atoms with Crippen LogP contribution in [0.2, 0.25) is 0 Å². The third-order valence-electron chi connectivity index (χ3n) is 3.30. The number of benzene rings is 2. The fourth-order valence-electron chi connectivity index (χ4n) is 2.37. The van der Waals surface area contributed by atoms with Crippen LogP contribution in [0, 0.1) is 0 Å². The van der Waals surface area contributed by atoms with Gasteiger partial charge in [-0.2, -0.15) is 8.78 Å². The fraction of sp³-hybridized carbons (Fsp3) is 0.118. The number of nitrogens with one attached hydrogen (secondary N) is 1. The second-order valence-electron chi connectivity index (χ2n) is 4.99. The average molecular weight is 329 g/mol. The van der Waals surface area contributed by atoms with Crippen molar-refractivity contribution in [3.8, 4) is 16.9 Å². The van der Waals surface area contributed by atoms with Crippen LogP contribution in [0.4, 0.5) is 14.7 Å². The molecule has 24 heavy (non-hydrogen) atoms. The number of amides is 1. The minimum absolute atomic E-state index is 0.0272. The zero-order valence-corrected chi connectivity index (χ0v) is 12.7. The van der Waals surface area contributed by atoms with E-state index < -0.39 is 6.61 Å². The Kier molecular flexibility index (Phi) is 4.33. The summed E-state index contributed by atoms with van der Waals surface area (Å²) in [6.45, 7) is -1.67. The smallest absolute Gasteiger partial charge is 0.387 e. The summed E-state index contributed by atoms with van der Waals surface area (Å²) in [7, 11) is 0. The van der Waals surface area contributed by atoms with Crippen molar-refractivity contribution in [2.75, 3.05) is 5.32 Å². The van der Waals surface area contributed by atoms with E-state index in [4.69, 9.17) is 0 Å². The summed E-state index contributed by atoms with van der Waals surface area (Å²) in [6, 6.07) is 12.5. The van der Waals surface area contributed by atoms with Crippen LogP contribution in [0.3, 0.4) is 0 Å². The Morgan fingerprint density at radius 3 is 2.58 bits per heavy atom. The minimum Gasteiger partial charge on any atom is -0.432 e. The highest BCUT2D eigenvalue weighted by molar-refractivity contribution is 5.98. The van der Waals surface area contributed by atoms with Crippen molar-refractivity contribution in [2.24, 2.45) is 0 Å². The Labute approximate surface area is 136 Å². The summed E-state index contributed by atoms with van der Waals surface area (Å²) >= 11 is 0. The van der Waals surface area contributed by atoms with Crippen LogP contribution >= 0.6 is 0 Å². The SMILES string of the molecule is CC(=O)Nc1ncc2c(-c3ccccc3)ccc(OC(F)F)c2n1. The molecule has 0 saturated carbocycles. The lowest BCUT2D eigenvalue weighted by atomic mass is 10.0. The van der Waals surface area contributed by atoms with Crippen LogP contribution in [0.15, 0.2) is 48.7 Å². The van der Waals surface area contributed by atoms with E-state index in [1.807, 2.05) is 30.3 Å². The van der Waals surface area contributed by atoms with E-state index in [0.717, 1.165) is 11.1 Å². The lowest BCUT2D eigenvalue weighted by Gasteiger charge is -2.12. The van der Waals surface area contributed by atoms with Gasteiger partial charge < -0.3 is 4.74 Å². The molecular formula is C17H13F2N3O2. The van der Waals surface area contributed by atoms with Crippen LogP contribution < -0.4 is 10.1 Å². The number of carbonyl (C=O) groups excluding carboxylic acids is 1. The van der Waals surface area contributed by atoms with Gasteiger partial charge in [-0.15, -0.1) is 0 Å². The Bertz CT molecular complexity index is 886. The van der Waals surface area contributed by atoms with Crippen molar-refractivity contribution >= 4 is 22.8 Å². The third kappa shape index (κ3) is 3.29. The first-order valence-electron chi connectivity index (χ1n) is 7.12. The van der Waals surface area contributed by atoms with Crippen LogP contribution in [-0.4, -0.2) is 22.5 Å². The van der Waals surface area contributed by atoms with E-state index in [1.165, 1.54) is 19.2 Å². The molecule has 7 heteroatoms. The Morgan fingerprint density at radius 1 is 1.17 bits per heavy atom. The molecule has 5 nitrogen and oxygen atoms in total. The number of alkyl halides is 2. The zero-order valence-electron chi connectivity index (χ0n) is 12.7. The summed E-state index contributed by atoms with van der Waals surface area (Å²) < 4.78 is 29.8. The van der Waals surface area contributed by atoms with Crippen LogP contribution in [0.5, 0.6) is 5.75 Å². The molecule has 1 N–H and O–H groups in total. The van der Waals surface area contributed by atoms with E-state index in [0.29, 0.717) is 5.39 Å². The molecule has 0 aliphatic heterocycles. The van der Waals surface area contributed by atoms with E-state index in [9.17, 15) is 13.6 Å². The predicted octanol–water partition coefficient (Wildman–Crippen LogP) is 3.86. The molecule has 3 aromatic rings. The lowest BCUT2D eigenvalue weighted by molar-refractivity contribution is -0.114. The average Bonchev–Trinajstić information content (AvgIpc) is 2.55. The molecule has 0 aliphatic rings. The van der Waals surface area contributed by atoms with Crippen LogP contribution in [0.25, 0.3) is 22.0 Å². The van der Waals surface area contributed by atoms with Crippen molar-refractivity contribution in [1.82, 2.24) is 9.97 Å². The monoisotopic (exact) mass is 329 g/mol. The summed E-state index contributed by atoms with van der Waals surface area (Å²) in [5.41, 5.74) is 1.87. The molecule has 0 aliphatic carbocycles. The zero-order chi connectivity index (χ0) is 17.1. The van der Waals surface area contributed by atoms with Gasteiger partial charge in [0, 0.05) is 18.5 Å². The number of rotatable bonds is 4. The second kappa shape index (κ2) is 6.57. The van der Waals surface area contributed by atoms with Gasteiger partial charge in [-0.05, 0) is 23.3 Å². The van der Waals surface area contributed by atoms with Crippen LogP contribution in [-0.2, 0) is 4.79 Å². The molecule has 1 amide bonds. The molecule has 0 fully saturated rings. The van der Waals surface area contributed by atoms with Gasteiger partial charge in [0.05, 0.1) is 0 Å². The molecule has 2 aromatic carbocycles. The van der Waals surface area contributed by atoms with Gasteiger partial charge in [-0.3, -0.25) is 10.1 Å². The van der Waals surface area contributed by atoms with Crippen molar-refractivity contribution in [3.05, 3.63) is 48.7 Å². The maximum Gasteiger partial charge on any atom is 0.387 e. The minimum atomic E-state index is -2.98. The molecule has 0 unspecified atom stereocenters. The maximum absolute atomic E-state index is 12.6. The molecular weight excluding hydrogens is 316 g/mol. The van der Waals surface area contributed by atoms with E-state index in [1.54, 1.807) is 6.07 Å². The molecule has 0 spiro atoms. The highest BCUT2D eigenvalue weighted by Gasteiger charge is 2.15. The molecule has 1 aromatic heterocycles. The van der Waals surface area contributed by atoms with Gasteiger partial charge in [0.1, 0.15) is 5.52 Å². The molecule has 0 bridgehead atoms. The topological polar surface area (TPSA) is 64.1 Å². The molecule has 122 valence electrons. The quantitative estimate of drug-likeness (QED) is 0.789. The van der Waals surface area contributed by atoms with Gasteiger partial charge in [0.25, 0.3) is 0 Å². The number of halogens is 2. The Balaban J connectivity index is 2.20. The first-order chi connectivity index (χ1) is 11.5. The first kappa shape index (κ1) is 15.8. The Hall–Kier alpha value is -3.09. The number of anilines is 1. The van der Waals surface area contributed by atoms with Gasteiger partial charge in [0.2, 0.25) is 11.9 Å². The number of nitrogens with zero attached hydrogens (tertiary/aromatic N) is 2. The van der Waals surface area contributed by atoms with Gasteiger partial charge in [-0.25, -0.2) is 9.97 Å². The normalized spacial score (nSPS) is 10.8.